The van der Waals surface area contributed by atoms with Gasteiger partial charge in [-0.05, 0) is 43.2 Å². The summed E-state index contributed by atoms with van der Waals surface area (Å²) in [6.45, 7) is 6.54. The van der Waals surface area contributed by atoms with Crippen LogP contribution in [0.25, 0.3) is 0 Å². The Balaban J connectivity index is 1.44. The van der Waals surface area contributed by atoms with Crippen LogP contribution in [0.3, 0.4) is 0 Å². The molecule has 1 saturated heterocycles. The predicted octanol–water partition coefficient (Wildman–Crippen LogP) is 2.93. The number of aryl methyl sites for hydroxylation is 2. The van der Waals surface area contributed by atoms with Crippen molar-refractivity contribution in [1.29, 1.82) is 0 Å². The Labute approximate surface area is 138 Å². The van der Waals surface area contributed by atoms with Gasteiger partial charge in [0.2, 0.25) is 5.91 Å². The first-order valence-electron chi connectivity index (χ1n) is 8.42. The molecule has 23 heavy (non-hydrogen) atoms. The molecule has 4 heteroatoms. The smallest absolute Gasteiger partial charge is 0.222 e. The third kappa shape index (κ3) is 4.15. The van der Waals surface area contributed by atoms with E-state index in [9.17, 15) is 4.79 Å². The first kappa shape index (κ1) is 15.7. The fraction of sp³-hybridized carbons (Fsp3) is 0.421. The van der Waals surface area contributed by atoms with Gasteiger partial charge >= 0.3 is 0 Å². The van der Waals surface area contributed by atoms with Gasteiger partial charge in [0.05, 0.1) is 0 Å². The summed E-state index contributed by atoms with van der Waals surface area (Å²) in [6, 6.07) is 12.6. The summed E-state index contributed by atoms with van der Waals surface area (Å²) in [5.41, 5.74) is 2.55. The highest BCUT2D eigenvalue weighted by atomic mass is 16.2. The molecule has 3 rings (SSSR count). The minimum atomic E-state index is 0.293. The van der Waals surface area contributed by atoms with E-state index in [1.165, 1.54) is 11.3 Å². The Kier molecular flexibility index (Phi) is 5.01. The van der Waals surface area contributed by atoms with Crippen molar-refractivity contribution in [3.63, 3.8) is 0 Å². The molecule has 0 radical (unpaired) electrons. The zero-order valence-corrected chi connectivity index (χ0v) is 13.8. The predicted molar refractivity (Wildman–Crippen MR) is 93.6 cm³/mol. The van der Waals surface area contributed by atoms with Gasteiger partial charge in [-0.25, -0.2) is 0 Å². The average Bonchev–Trinajstić information content (AvgIpc) is 3.08. The summed E-state index contributed by atoms with van der Waals surface area (Å²) in [5, 5.41) is 0. The monoisotopic (exact) mass is 311 g/mol. The molecule has 1 fully saturated rings. The molecule has 1 aromatic heterocycles. The molecule has 0 atom stereocenters. The van der Waals surface area contributed by atoms with Gasteiger partial charge in [0.15, 0.2) is 0 Å². The van der Waals surface area contributed by atoms with E-state index in [1.54, 1.807) is 0 Å². The molecular weight excluding hydrogens is 286 g/mol. The molecule has 1 aliphatic heterocycles. The number of hydrogen-bond acceptors (Lipinski definition) is 2. The Morgan fingerprint density at radius 3 is 2.48 bits per heavy atom. The zero-order chi connectivity index (χ0) is 16.1. The SMILES string of the molecule is Cc1cccc(N2CCN(C(=O)CCCn3cccc3)CC2)c1. The van der Waals surface area contributed by atoms with E-state index in [0.717, 1.165) is 39.1 Å². The summed E-state index contributed by atoms with van der Waals surface area (Å²) in [6.07, 6.45) is 5.64. The van der Waals surface area contributed by atoms with Crippen LogP contribution in [0.5, 0.6) is 0 Å². The number of aromatic nitrogens is 1. The van der Waals surface area contributed by atoms with E-state index in [2.05, 4.69) is 40.7 Å². The van der Waals surface area contributed by atoms with Crippen molar-refractivity contribution >= 4 is 11.6 Å². The Morgan fingerprint density at radius 2 is 1.78 bits per heavy atom. The topological polar surface area (TPSA) is 28.5 Å². The molecule has 1 aromatic carbocycles. The lowest BCUT2D eigenvalue weighted by molar-refractivity contribution is -0.131. The quantitative estimate of drug-likeness (QED) is 0.849. The largest absolute Gasteiger partial charge is 0.368 e. The Hall–Kier alpha value is -2.23. The normalized spacial score (nSPS) is 15.0. The van der Waals surface area contributed by atoms with Crippen molar-refractivity contribution in [3.05, 3.63) is 54.4 Å². The number of carbonyl (C=O) groups excluding carboxylic acids is 1. The standard InChI is InChI=1S/C19H25N3O/c1-17-6-4-7-18(16-17)21-12-14-22(15-13-21)19(23)8-5-11-20-9-2-3-10-20/h2-4,6-7,9-10,16H,5,8,11-15H2,1H3. The van der Waals surface area contributed by atoms with Crippen LogP contribution in [-0.4, -0.2) is 41.6 Å². The van der Waals surface area contributed by atoms with Crippen LogP contribution in [0, 0.1) is 6.92 Å². The summed E-state index contributed by atoms with van der Waals surface area (Å²) >= 11 is 0. The molecule has 0 spiro atoms. The maximum atomic E-state index is 12.3. The van der Waals surface area contributed by atoms with E-state index in [-0.39, 0.29) is 0 Å². The van der Waals surface area contributed by atoms with E-state index >= 15 is 0 Å². The molecule has 0 unspecified atom stereocenters. The fourth-order valence-corrected chi connectivity index (χ4v) is 3.13. The number of rotatable bonds is 5. The second-order valence-electron chi connectivity index (χ2n) is 6.23. The van der Waals surface area contributed by atoms with Gasteiger partial charge in [-0.2, -0.15) is 0 Å². The van der Waals surface area contributed by atoms with E-state index in [1.807, 2.05) is 29.4 Å². The lowest BCUT2D eigenvalue weighted by Crippen LogP contribution is -2.48. The van der Waals surface area contributed by atoms with Crippen LogP contribution in [0.15, 0.2) is 48.8 Å². The summed E-state index contributed by atoms with van der Waals surface area (Å²) in [7, 11) is 0. The number of nitrogens with zero attached hydrogens (tertiary/aromatic N) is 3. The van der Waals surface area contributed by atoms with Crippen LogP contribution < -0.4 is 4.90 Å². The van der Waals surface area contributed by atoms with Gasteiger partial charge in [-0.3, -0.25) is 4.79 Å². The summed E-state index contributed by atoms with van der Waals surface area (Å²) in [5.74, 6) is 0.293. The summed E-state index contributed by atoms with van der Waals surface area (Å²) in [4.78, 5) is 16.7. The van der Waals surface area contributed by atoms with Gasteiger partial charge in [-0.15, -0.1) is 0 Å². The van der Waals surface area contributed by atoms with Crippen molar-refractivity contribution in [2.75, 3.05) is 31.1 Å². The molecule has 2 aromatic rings. The second kappa shape index (κ2) is 7.36. The molecule has 1 amide bonds. The minimum Gasteiger partial charge on any atom is -0.368 e. The van der Waals surface area contributed by atoms with Gasteiger partial charge in [0.25, 0.3) is 0 Å². The highest BCUT2D eigenvalue weighted by Gasteiger charge is 2.20. The van der Waals surface area contributed by atoms with Gasteiger partial charge in [0, 0.05) is 57.2 Å². The fourth-order valence-electron chi connectivity index (χ4n) is 3.13. The third-order valence-electron chi connectivity index (χ3n) is 4.47. The molecule has 0 N–H and O–H groups in total. The minimum absolute atomic E-state index is 0.293. The van der Waals surface area contributed by atoms with Crippen molar-refractivity contribution in [1.82, 2.24) is 9.47 Å². The molecule has 0 bridgehead atoms. The van der Waals surface area contributed by atoms with Gasteiger partial charge < -0.3 is 14.4 Å². The summed E-state index contributed by atoms with van der Waals surface area (Å²) < 4.78 is 2.13. The highest BCUT2D eigenvalue weighted by Crippen LogP contribution is 2.18. The molecule has 4 nitrogen and oxygen atoms in total. The van der Waals surface area contributed by atoms with Crippen LogP contribution in [0.4, 0.5) is 5.69 Å². The Bertz CT molecular complexity index is 628. The van der Waals surface area contributed by atoms with Gasteiger partial charge in [-0.1, -0.05) is 12.1 Å². The third-order valence-corrected chi connectivity index (χ3v) is 4.47. The number of carbonyl (C=O) groups is 1. The van der Waals surface area contributed by atoms with Crippen LogP contribution in [0.2, 0.25) is 0 Å². The van der Waals surface area contributed by atoms with Crippen LogP contribution in [0.1, 0.15) is 18.4 Å². The van der Waals surface area contributed by atoms with Crippen LogP contribution in [-0.2, 0) is 11.3 Å². The van der Waals surface area contributed by atoms with Crippen molar-refractivity contribution in [2.45, 2.75) is 26.3 Å². The van der Waals surface area contributed by atoms with Gasteiger partial charge in [0.1, 0.15) is 0 Å². The molecule has 0 saturated carbocycles. The van der Waals surface area contributed by atoms with Crippen molar-refractivity contribution in [2.24, 2.45) is 0 Å². The molecule has 0 aliphatic carbocycles. The molecular formula is C19H25N3O. The van der Waals surface area contributed by atoms with E-state index < -0.39 is 0 Å². The second-order valence-corrected chi connectivity index (χ2v) is 6.23. The van der Waals surface area contributed by atoms with E-state index in [0.29, 0.717) is 12.3 Å². The first-order valence-corrected chi connectivity index (χ1v) is 8.42. The highest BCUT2D eigenvalue weighted by molar-refractivity contribution is 5.76. The van der Waals surface area contributed by atoms with Crippen LogP contribution >= 0.6 is 0 Å². The number of benzene rings is 1. The maximum Gasteiger partial charge on any atom is 0.222 e. The number of piperazine rings is 1. The Morgan fingerprint density at radius 1 is 1.04 bits per heavy atom. The first-order chi connectivity index (χ1) is 11.2. The molecule has 2 heterocycles. The lowest BCUT2D eigenvalue weighted by atomic mass is 10.2. The van der Waals surface area contributed by atoms with E-state index in [4.69, 9.17) is 0 Å². The van der Waals surface area contributed by atoms with Crippen molar-refractivity contribution in [3.8, 4) is 0 Å². The average molecular weight is 311 g/mol. The molecule has 1 aliphatic rings. The zero-order valence-electron chi connectivity index (χ0n) is 13.8. The number of amides is 1. The number of anilines is 1. The lowest BCUT2D eigenvalue weighted by Gasteiger charge is -2.36. The number of hydrogen-bond donors (Lipinski definition) is 0. The van der Waals surface area contributed by atoms with Crippen molar-refractivity contribution < 1.29 is 4.79 Å². The molecule has 122 valence electrons. The maximum absolute atomic E-state index is 12.3.